The molecule has 0 aliphatic rings. The normalized spacial score (nSPS) is 10.1. The zero-order valence-electron chi connectivity index (χ0n) is 12.0. The van der Waals surface area contributed by atoms with Crippen molar-refractivity contribution in [3.63, 3.8) is 0 Å². The summed E-state index contributed by atoms with van der Waals surface area (Å²) in [6, 6.07) is 13.1. The van der Waals surface area contributed by atoms with Gasteiger partial charge in [-0.15, -0.1) is 0 Å². The lowest BCUT2D eigenvalue weighted by atomic mass is 10.2. The molecule has 2 N–H and O–H groups in total. The summed E-state index contributed by atoms with van der Waals surface area (Å²) in [6.07, 6.45) is 0. The van der Waals surface area contributed by atoms with Gasteiger partial charge in [0.1, 0.15) is 24.0 Å². The molecule has 0 aromatic heterocycles. The number of halogens is 1. The van der Waals surface area contributed by atoms with Gasteiger partial charge in [0, 0.05) is 4.47 Å². The fraction of sp³-hybridized carbons (Fsp3) is 0.188. The lowest BCUT2D eigenvalue weighted by molar-refractivity contribution is 0.211. The second kappa shape index (κ2) is 8.00. The van der Waals surface area contributed by atoms with Crippen molar-refractivity contribution in [1.29, 1.82) is 0 Å². The fourth-order valence-corrected chi connectivity index (χ4v) is 2.46. The molecule has 0 fully saturated rings. The van der Waals surface area contributed by atoms with Crippen molar-refractivity contribution in [3.05, 3.63) is 52.5 Å². The van der Waals surface area contributed by atoms with E-state index < -0.39 is 0 Å². The van der Waals surface area contributed by atoms with Crippen LogP contribution >= 0.6 is 28.1 Å². The van der Waals surface area contributed by atoms with Gasteiger partial charge in [-0.05, 0) is 24.3 Å². The summed E-state index contributed by atoms with van der Waals surface area (Å²) >= 11 is 8.46. The summed E-state index contributed by atoms with van der Waals surface area (Å²) in [4.78, 5) is 0.249. The van der Waals surface area contributed by atoms with E-state index >= 15 is 0 Å². The van der Waals surface area contributed by atoms with Gasteiger partial charge in [0.25, 0.3) is 0 Å². The minimum atomic E-state index is 0.249. The molecule has 0 aliphatic carbocycles. The highest BCUT2D eigenvalue weighted by atomic mass is 79.9. The van der Waals surface area contributed by atoms with Crippen LogP contribution in [0.2, 0.25) is 0 Å². The molecule has 2 rings (SSSR count). The highest BCUT2D eigenvalue weighted by Crippen LogP contribution is 2.34. The Morgan fingerprint density at radius 3 is 2.45 bits per heavy atom. The maximum absolute atomic E-state index is 5.76. The van der Waals surface area contributed by atoms with Crippen molar-refractivity contribution in [1.82, 2.24) is 0 Å². The quantitative estimate of drug-likeness (QED) is 0.586. The van der Waals surface area contributed by atoms with Gasteiger partial charge in [-0.3, -0.25) is 0 Å². The number of rotatable bonds is 7. The largest absolute Gasteiger partial charge is 0.493 e. The SMILES string of the molecule is COc1cc(Br)cc(C(N)=S)c1OCCOc1ccccc1. The van der Waals surface area contributed by atoms with E-state index in [1.165, 1.54) is 0 Å². The molecule has 0 saturated heterocycles. The molecule has 6 heteroatoms. The average Bonchev–Trinajstić information content (AvgIpc) is 2.52. The molecule has 2 aromatic rings. The van der Waals surface area contributed by atoms with Crippen LogP contribution in [0.25, 0.3) is 0 Å². The third-order valence-electron chi connectivity index (χ3n) is 2.85. The predicted molar refractivity (Wildman–Crippen MR) is 94.0 cm³/mol. The zero-order valence-corrected chi connectivity index (χ0v) is 14.4. The molecule has 4 nitrogen and oxygen atoms in total. The minimum Gasteiger partial charge on any atom is -0.493 e. The first-order chi connectivity index (χ1) is 10.6. The van der Waals surface area contributed by atoms with Crippen molar-refractivity contribution < 1.29 is 14.2 Å². The van der Waals surface area contributed by atoms with Crippen molar-refractivity contribution in [3.8, 4) is 17.2 Å². The Morgan fingerprint density at radius 1 is 1.14 bits per heavy atom. The van der Waals surface area contributed by atoms with E-state index in [1.807, 2.05) is 30.3 Å². The molecule has 0 spiro atoms. The van der Waals surface area contributed by atoms with Gasteiger partial charge in [0.15, 0.2) is 11.5 Å². The van der Waals surface area contributed by atoms with Crippen LogP contribution in [-0.2, 0) is 0 Å². The molecular formula is C16H16BrNO3S. The molecule has 0 unspecified atom stereocenters. The smallest absolute Gasteiger partial charge is 0.171 e. The van der Waals surface area contributed by atoms with E-state index in [-0.39, 0.29) is 4.99 Å². The van der Waals surface area contributed by atoms with Crippen LogP contribution in [0.5, 0.6) is 17.2 Å². The second-order valence-electron chi connectivity index (χ2n) is 4.36. The van der Waals surface area contributed by atoms with Crippen molar-refractivity contribution in [2.45, 2.75) is 0 Å². The summed E-state index contributed by atoms with van der Waals surface area (Å²) < 4.78 is 17.5. The number of nitrogens with two attached hydrogens (primary N) is 1. The fourth-order valence-electron chi connectivity index (χ4n) is 1.87. The first-order valence-corrected chi connectivity index (χ1v) is 7.80. The summed E-state index contributed by atoms with van der Waals surface area (Å²) in [7, 11) is 1.57. The van der Waals surface area contributed by atoms with Gasteiger partial charge in [-0.1, -0.05) is 46.3 Å². The molecule has 0 radical (unpaired) electrons. The Morgan fingerprint density at radius 2 is 1.82 bits per heavy atom. The van der Waals surface area contributed by atoms with Gasteiger partial charge < -0.3 is 19.9 Å². The van der Waals surface area contributed by atoms with E-state index in [9.17, 15) is 0 Å². The molecule has 0 amide bonds. The zero-order chi connectivity index (χ0) is 15.9. The number of benzene rings is 2. The molecule has 116 valence electrons. The number of hydrogen-bond acceptors (Lipinski definition) is 4. The Balaban J connectivity index is 2.04. The van der Waals surface area contributed by atoms with Crippen molar-refractivity contribution in [2.75, 3.05) is 20.3 Å². The lowest BCUT2D eigenvalue weighted by Gasteiger charge is -2.15. The number of thiocarbonyl (C=S) groups is 1. The molecule has 0 heterocycles. The molecule has 0 atom stereocenters. The Labute approximate surface area is 143 Å². The Kier molecular flexibility index (Phi) is 6.03. The second-order valence-corrected chi connectivity index (χ2v) is 5.71. The van der Waals surface area contributed by atoms with Crippen molar-refractivity contribution >= 4 is 33.1 Å². The highest BCUT2D eigenvalue weighted by molar-refractivity contribution is 9.10. The molecule has 0 aliphatic heterocycles. The van der Waals surface area contributed by atoms with Gasteiger partial charge in [0.2, 0.25) is 0 Å². The van der Waals surface area contributed by atoms with Crippen LogP contribution in [0, 0.1) is 0 Å². The maximum Gasteiger partial charge on any atom is 0.171 e. The van der Waals surface area contributed by atoms with Crippen LogP contribution in [-0.4, -0.2) is 25.3 Å². The Bertz CT molecular complexity index is 649. The average molecular weight is 382 g/mol. The van der Waals surface area contributed by atoms with E-state index in [4.69, 9.17) is 32.2 Å². The molecule has 0 saturated carbocycles. The molecule has 22 heavy (non-hydrogen) atoms. The highest BCUT2D eigenvalue weighted by Gasteiger charge is 2.14. The summed E-state index contributed by atoms with van der Waals surface area (Å²) in [5.41, 5.74) is 6.37. The maximum atomic E-state index is 5.76. The molecular weight excluding hydrogens is 366 g/mol. The van der Waals surface area contributed by atoms with Crippen molar-refractivity contribution in [2.24, 2.45) is 5.73 Å². The topological polar surface area (TPSA) is 53.7 Å². The van der Waals surface area contributed by atoms with Gasteiger partial charge >= 0.3 is 0 Å². The third-order valence-corrected chi connectivity index (χ3v) is 3.52. The van der Waals surface area contributed by atoms with E-state index in [1.54, 1.807) is 19.2 Å². The summed E-state index contributed by atoms with van der Waals surface area (Å²) in [5.74, 6) is 1.88. The molecule has 0 bridgehead atoms. The van der Waals surface area contributed by atoms with Gasteiger partial charge in [-0.2, -0.15) is 0 Å². The van der Waals surface area contributed by atoms with Crippen LogP contribution < -0.4 is 19.9 Å². The van der Waals surface area contributed by atoms with E-state index in [0.717, 1.165) is 10.2 Å². The van der Waals surface area contributed by atoms with Crippen LogP contribution in [0.3, 0.4) is 0 Å². The number of ether oxygens (including phenoxy) is 3. The first-order valence-electron chi connectivity index (χ1n) is 6.60. The Hall–Kier alpha value is -1.79. The first kappa shape index (κ1) is 16.6. The van der Waals surface area contributed by atoms with Crippen LogP contribution in [0.1, 0.15) is 5.56 Å². The van der Waals surface area contributed by atoms with E-state index in [0.29, 0.717) is 30.3 Å². The van der Waals surface area contributed by atoms with Gasteiger partial charge in [0.05, 0.1) is 12.7 Å². The monoisotopic (exact) mass is 381 g/mol. The van der Waals surface area contributed by atoms with Gasteiger partial charge in [-0.25, -0.2) is 0 Å². The number of methoxy groups -OCH3 is 1. The third kappa shape index (κ3) is 4.35. The van der Waals surface area contributed by atoms with E-state index in [2.05, 4.69) is 15.9 Å². The predicted octanol–water partition coefficient (Wildman–Crippen LogP) is 3.55. The van der Waals surface area contributed by atoms with Crippen LogP contribution in [0.4, 0.5) is 0 Å². The van der Waals surface area contributed by atoms with Crippen LogP contribution in [0.15, 0.2) is 46.9 Å². The summed E-state index contributed by atoms with van der Waals surface area (Å²) in [5, 5.41) is 0. The number of hydrogen-bond donors (Lipinski definition) is 1. The summed E-state index contributed by atoms with van der Waals surface area (Å²) in [6.45, 7) is 0.752. The standard InChI is InChI=1S/C16H16BrNO3S/c1-19-14-10-11(17)9-13(16(18)22)15(14)21-8-7-20-12-5-3-2-4-6-12/h2-6,9-10H,7-8H2,1H3,(H2,18,22). The number of para-hydroxylation sites is 1. The lowest BCUT2D eigenvalue weighted by Crippen LogP contribution is -2.15. The molecule has 2 aromatic carbocycles. The minimum absolute atomic E-state index is 0.249.